The number of hydrogen-bond donors (Lipinski definition) is 1. The SMILES string of the molecule is COc1ccc(-c2cc(C(=O)NCc3ccccn3)c3ccccc3n2)cc1. The number of aromatic nitrogens is 2. The predicted octanol–water partition coefficient (Wildman–Crippen LogP) is 4.24. The van der Waals surface area contributed by atoms with Crippen molar-refractivity contribution in [1.29, 1.82) is 0 Å². The summed E-state index contributed by atoms with van der Waals surface area (Å²) >= 11 is 0. The van der Waals surface area contributed by atoms with Crippen LogP contribution in [0.5, 0.6) is 5.75 Å². The van der Waals surface area contributed by atoms with E-state index in [-0.39, 0.29) is 5.91 Å². The van der Waals surface area contributed by atoms with Crippen molar-refractivity contribution in [3.8, 4) is 17.0 Å². The topological polar surface area (TPSA) is 64.1 Å². The summed E-state index contributed by atoms with van der Waals surface area (Å²) in [4.78, 5) is 21.9. The molecule has 4 aromatic rings. The third-order valence-electron chi connectivity index (χ3n) is 4.50. The highest BCUT2D eigenvalue weighted by Crippen LogP contribution is 2.26. The molecule has 0 bridgehead atoms. The molecule has 0 aliphatic carbocycles. The van der Waals surface area contributed by atoms with Gasteiger partial charge >= 0.3 is 0 Å². The molecule has 0 unspecified atom stereocenters. The number of amides is 1. The molecule has 2 aromatic heterocycles. The summed E-state index contributed by atoms with van der Waals surface area (Å²) in [6.45, 7) is 0.369. The van der Waals surface area contributed by atoms with Gasteiger partial charge in [-0.1, -0.05) is 24.3 Å². The van der Waals surface area contributed by atoms with E-state index in [1.807, 2.05) is 72.8 Å². The maximum absolute atomic E-state index is 12.9. The van der Waals surface area contributed by atoms with Crippen LogP contribution >= 0.6 is 0 Å². The number of nitrogens with zero attached hydrogens (tertiary/aromatic N) is 2. The summed E-state index contributed by atoms with van der Waals surface area (Å²) in [5.74, 6) is 0.622. The Morgan fingerprint density at radius 2 is 1.79 bits per heavy atom. The lowest BCUT2D eigenvalue weighted by Crippen LogP contribution is -2.23. The van der Waals surface area contributed by atoms with Crippen LogP contribution in [0.2, 0.25) is 0 Å². The smallest absolute Gasteiger partial charge is 0.252 e. The van der Waals surface area contributed by atoms with Gasteiger partial charge in [-0.15, -0.1) is 0 Å². The van der Waals surface area contributed by atoms with E-state index in [0.29, 0.717) is 12.1 Å². The van der Waals surface area contributed by atoms with Crippen molar-refractivity contribution in [2.24, 2.45) is 0 Å². The maximum atomic E-state index is 12.9. The van der Waals surface area contributed by atoms with Crippen LogP contribution in [-0.4, -0.2) is 23.0 Å². The Hall–Kier alpha value is -3.73. The van der Waals surface area contributed by atoms with Gasteiger partial charge in [0.1, 0.15) is 5.75 Å². The number of methoxy groups -OCH3 is 1. The molecule has 0 radical (unpaired) electrons. The number of hydrogen-bond acceptors (Lipinski definition) is 4. The Bertz CT molecular complexity index is 1110. The summed E-state index contributed by atoms with van der Waals surface area (Å²) in [7, 11) is 1.63. The van der Waals surface area contributed by atoms with Crippen molar-refractivity contribution in [2.75, 3.05) is 7.11 Å². The van der Waals surface area contributed by atoms with E-state index in [2.05, 4.69) is 10.3 Å². The fraction of sp³-hybridized carbons (Fsp3) is 0.0870. The quantitative estimate of drug-likeness (QED) is 0.572. The first-order valence-electron chi connectivity index (χ1n) is 8.97. The number of pyridine rings is 2. The molecule has 0 saturated heterocycles. The van der Waals surface area contributed by atoms with Gasteiger partial charge in [0.25, 0.3) is 5.91 Å². The van der Waals surface area contributed by atoms with Crippen molar-refractivity contribution in [2.45, 2.75) is 6.54 Å². The highest BCUT2D eigenvalue weighted by atomic mass is 16.5. The van der Waals surface area contributed by atoms with E-state index >= 15 is 0 Å². The van der Waals surface area contributed by atoms with Gasteiger partial charge in [0.2, 0.25) is 0 Å². The van der Waals surface area contributed by atoms with Gasteiger partial charge in [-0.2, -0.15) is 0 Å². The van der Waals surface area contributed by atoms with Gasteiger partial charge in [-0.3, -0.25) is 9.78 Å². The number of benzene rings is 2. The van der Waals surface area contributed by atoms with E-state index in [1.54, 1.807) is 13.3 Å². The van der Waals surface area contributed by atoms with Crippen LogP contribution in [0.4, 0.5) is 0 Å². The summed E-state index contributed by atoms with van der Waals surface area (Å²) < 4.78 is 5.22. The predicted molar refractivity (Wildman–Crippen MR) is 109 cm³/mol. The molecule has 0 atom stereocenters. The lowest BCUT2D eigenvalue weighted by Gasteiger charge is -2.11. The van der Waals surface area contributed by atoms with Crippen LogP contribution in [0.3, 0.4) is 0 Å². The zero-order chi connectivity index (χ0) is 19.3. The molecule has 138 valence electrons. The van der Waals surface area contributed by atoms with Crippen molar-refractivity contribution in [3.05, 3.63) is 90.3 Å². The van der Waals surface area contributed by atoms with E-state index in [0.717, 1.165) is 33.6 Å². The van der Waals surface area contributed by atoms with Crippen LogP contribution in [0.1, 0.15) is 16.1 Å². The summed E-state index contributed by atoms with van der Waals surface area (Å²) in [5.41, 5.74) is 3.84. The Kier molecular flexibility index (Phi) is 4.97. The molecule has 1 N–H and O–H groups in total. The second-order valence-electron chi connectivity index (χ2n) is 6.30. The lowest BCUT2D eigenvalue weighted by molar-refractivity contribution is 0.0952. The van der Waals surface area contributed by atoms with Crippen LogP contribution in [0.25, 0.3) is 22.2 Å². The lowest BCUT2D eigenvalue weighted by atomic mass is 10.0. The Morgan fingerprint density at radius 3 is 2.54 bits per heavy atom. The zero-order valence-corrected chi connectivity index (χ0v) is 15.4. The van der Waals surface area contributed by atoms with Crippen LogP contribution in [0.15, 0.2) is 79.0 Å². The minimum Gasteiger partial charge on any atom is -0.497 e. The van der Waals surface area contributed by atoms with Crippen molar-refractivity contribution in [1.82, 2.24) is 15.3 Å². The first kappa shape index (κ1) is 17.7. The van der Waals surface area contributed by atoms with Crippen LogP contribution < -0.4 is 10.1 Å². The van der Waals surface area contributed by atoms with Crippen molar-refractivity contribution >= 4 is 16.8 Å². The summed E-state index contributed by atoms with van der Waals surface area (Å²) in [6.07, 6.45) is 1.71. The number of carbonyl (C=O) groups excluding carboxylic acids is 1. The first-order valence-corrected chi connectivity index (χ1v) is 8.97. The molecular formula is C23H19N3O2. The molecule has 0 fully saturated rings. The molecule has 5 heteroatoms. The molecule has 28 heavy (non-hydrogen) atoms. The Balaban J connectivity index is 1.70. The van der Waals surface area contributed by atoms with Gasteiger partial charge in [-0.05, 0) is 48.5 Å². The molecular weight excluding hydrogens is 350 g/mol. The number of para-hydroxylation sites is 1. The number of rotatable bonds is 5. The van der Waals surface area contributed by atoms with Gasteiger partial charge < -0.3 is 10.1 Å². The minimum atomic E-state index is -0.154. The third kappa shape index (κ3) is 3.69. The molecule has 2 heterocycles. The average molecular weight is 369 g/mol. The standard InChI is InChI=1S/C23H19N3O2/c1-28-18-11-9-16(10-12-18)22-14-20(19-7-2-3-8-21(19)26-22)23(27)25-15-17-6-4-5-13-24-17/h2-14H,15H2,1H3,(H,25,27). The fourth-order valence-corrected chi connectivity index (χ4v) is 3.04. The van der Waals surface area contributed by atoms with E-state index < -0.39 is 0 Å². The molecule has 0 aliphatic rings. The van der Waals surface area contributed by atoms with E-state index in [9.17, 15) is 4.79 Å². The number of ether oxygens (including phenoxy) is 1. The van der Waals surface area contributed by atoms with Crippen molar-refractivity contribution in [3.63, 3.8) is 0 Å². The highest BCUT2D eigenvalue weighted by Gasteiger charge is 2.14. The average Bonchev–Trinajstić information content (AvgIpc) is 2.77. The van der Waals surface area contributed by atoms with Gasteiger partial charge in [-0.25, -0.2) is 4.98 Å². The molecule has 5 nitrogen and oxygen atoms in total. The van der Waals surface area contributed by atoms with Crippen LogP contribution in [0, 0.1) is 0 Å². The fourth-order valence-electron chi connectivity index (χ4n) is 3.04. The number of fused-ring (bicyclic) bond motifs is 1. The van der Waals surface area contributed by atoms with Gasteiger partial charge in [0.05, 0.1) is 36.1 Å². The molecule has 0 aliphatic heterocycles. The number of nitrogens with one attached hydrogen (secondary N) is 1. The first-order chi connectivity index (χ1) is 13.7. The monoisotopic (exact) mass is 369 g/mol. The van der Waals surface area contributed by atoms with Crippen LogP contribution in [-0.2, 0) is 6.54 Å². The Morgan fingerprint density at radius 1 is 1.00 bits per heavy atom. The largest absolute Gasteiger partial charge is 0.497 e. The molecule has 2 aromatic carbocycles. The zero-order valence-electron chi connectivity index (χ0n) is 15.4. The van der Waals surface area contributed by atoms with Gasteiger partial charge in [0, 0.05) is 17.1 Å². The third-order valence-corrected chi connectivity index (χ3v) is 4.50. The summed E-state index contributed by atoms with van der Waals surface area (Å²) in [5, 5.41) is 3.77. The second-order valence-corrected chi connectivity index (χ2v) is 6.30. The second kappa shape index (κ2) is 7.88. The van der Waals surface area contributed by atoms with E-state index in [4.69, 9.17) is 9.72 Å². The van der Waals surface area contributed by atoms with Gasteiger partial charge in [0.15, 0.2) is 0 Å². The van der Waals surface area contributed by atoms with E-state index in [1.165, 1.54) is 0 Å². The maximum Gasteiger partial charge on any atom is 0.252 e. The number of carbonyl (C=O) groups is 1. The highest BCUT2D eigenvalue weighted by molar-refractivity contribution is 6.07. The summed E-state index contributed by atoms with van der Waals surface area (Å²) in [6, 6.07) is 22.8. The Labute approximate surface area is 163 Å². The molecule has 4 rings (SSSR count). The molecule has 0 spiro atoms. The normalized spacial score (nSPS) is 10.6. The molecule has 1 amide bonds. The minimum absolute atomic E-state index is 0.154. The van der Waals surface area contributed by atoms with Crippen molar-refractivity contribution < 1.29 is 9.53 Å². The molecule has 0 saturated carbocycles.